The fourth-order valence-electron chi connectivity index (χ4n) is 2.86. The van der Waals surface area contributed by atoms with Crippen molar-refractivity contribution in [1.29, 1.82) is 0 Å². The van der Waals surface area contributed by atoms with Gasteiger partial charge in [0.2, 0.25) is 0 Å². The van der Waals surface area contributed by atoms with Gasteiger partial charge in [0.05, 0.1) is 11.4 Å². The number of anilines is 3. The van der Waals surface area contributed by atoms with E-state index in [1.165, 1.54) is 16.7 Å². The molecule has 1 amide bonds. The molecule has 2 heterocycles. The zero-order chi connectivity index (χ0) is 20.4. The van der Waals surface area contributed by atoms with E-state index in [9.17, 15) is 9.59 Å². The number of rotatable bonds is 6. The number of hydrogen-bond donors (Lipinski definition) is 2. The van der Waals surface area contributed by atoms with Crippen LogP contribution in [0.3, 0.4) is 0 Å². The first-order valence-corrected chi connectivity index (χ1v) is 8.93. The molecule has 2 N–H and O–H groups in total. The van der Waals surface area contributed by atoms with Crippen LogP contribution in [0.25, 0.3) is 10.8 Å². The molecule has 148 valence electrons. The predicted molar refractivity (Wildman–Crippen MR) is 108 cm³/mol. The highest BCUT2D eigenvalue weighted by molar-refractivity contribution is 5.99. The van der Waals surface area contributed by atoms with E-state index in [4.69, 9.17) is 4.74 Å². The summed E-state index contributed by atoms with van der Waals surface area (Å²) in [5, 5.41) is 15.8. The molecule has 0 aliphatic carbocycles. The largest absolute Gasteiger partial charge is 0.375 e. The van der Waals surface area contributed by atoms with Crippen molar-refractivity contribution in [3.05, 3.63) is 40.3 Å². The fourth-order valence-corrected chi connectivity index (χ4v) is 2.86. The minimum absolute atomic E-state index is 0.0353. The number of fused-ring (bicyclic) bond motifs is 1. The number of hydrogen-bond acceptors (Lipinski definition) is 6. The molecule has 0 aliphatic heterocycles. The number of nitrogens with zero attached hydrogens (tertiary/aromatic N) is 4. The molecule has 2 aromatic heterocycles. The highest BCUT2D eigenvalue weighted by atomic mass is 16.5. The number of H-pyrrole nitrogens is 1. The van der Waals surface area contributed by atoms with Crippen LogP contribution in [0, 0.1) is 6.92 Å². The SMILES string of the molecule is COCC(=O)N(C)c1ccc2c(Nc3cc(C)[nH]n3)nn(C(C)C)c(=O)c2c1. The lowest BCUT2D eigenvalue weighted by Gasteiger charge is -2.19. The number of amides is 1. The fraction of sp³-hybridized carbons (Fsp3) is 0.368. The van der Waals surface area contributed by atoms with Crippen LogP contribution in [0.1, 0.15) is 25.6 Å². The molecule has 9 nitrogen and oxygen atoms in total. The van der Waals surface area contributed by atoms with E-state index in [1.807, 2.05) is 26.8 Å². The third-order valence-corrected chi connectivity index (χ3v) is 4.38. The van der Waals surface area contributed by atoms with E-state index in [1.54, 1.807) is 25.2 Å². The highest BCUT2D eigenvalue weighted by Gasteiger charge is 2.17. The van der Waals surface area contributed by atoms with Gasteiger partial charge < -0.3 is 15.0 Å². The molecular weight excluding hydrogens is 360 g/mol. The maximum atomic E-state index is 13.0. The summed E-state index contributed by atoms with van der Waals surface area (Å²) in [5.41, 5.74) is 1.29. The third kappa shape index (κ3) is 3.74. The number of methoxy groups -OCH3 is 1. The van der Waals surface area contributed by atoms with Crippen LogP contribution in [-0.4, -0.2) is 46.6 Å². The lowest BCUT2D eigenvalue weighted by Crippen LogP contribution is -2.30. The van der Waals surface area contributed by atoms with Crippen LogP contribution < -0.4 is 15.8 Å². The van der Waals surface area contributed by atoms with Crippen molar-refractivity contribution in [2.75, 3.05) is 31.0 Å². The average Bonchev–Trinajstić information content (AvgIpc) is 3.07. The summed E-state index contributed by atoms with van der Waals surface area (Å²) in [5.74, 6) is 0.925. The van der Waals surface area contributed by atoms with Crippen molar-refractivity contribution in [3.63, 3.8) is 0 Å². The van der Waals surface area contributed by atoms with Crippen molar-refractivity contribution in [2.45, 2.75) is 26.8 Å². The number of ether oxygens (including phenoxy) is 1. The Labute approximate surface area is 162 Å². The molecule has 0 spiro atoms. The van der Waals surface area contributed by atoms with Gasteiger partial charge in [0.15, 0.2) is 11.6 Å². The summed E-state index contributed by atoms with van der Waals surface area (Å²) >= 11 is 0. The first kappa shape index (κ1) is 19.6. The highest BCUT2D eigenvalue weighted by Crippen LogP contribution is 2.26. The monoisotopic (exact) mass is 384 g/mol. The topological polar surface area (TPSA) is 105 Å². The summed E-state index contributed by atoms with van der Waals surface area (Å²) in [6, 6.07) is 6.98. The lowest BCUT2D eigenvalue weighted by atomic mass is 10.1. The summed E-state index contributed by atoms with van der Waals surface area (Å²) in [4.78, 5) is 26.6. The van der Waals surface area contributed by atoms with Crippen LogP contribution in [0.4, 0.5) is 17.3 Å². The molecule has 0 bridgehead atoms. The van der Waals surface area contributed by atoms with Crippen LogP contribution in [0.5, 0.6) is 0 Å². The van der Waals surface area contributed by atoms with E-state index < -0.39 is 0 Å². The molecule has 0 unspecified atom stereocenters. The normalized spacial score (nSPS) is 11.2. The smallest absolute Gasteiger partial charge is 0.275 e. The quantitative estimate of drug-likeness (QED) is 0.676. The summed E-state index contributed by atoms with van der Waals surface area (Å²) in [6.45, 7) is 5.64. The lowest BCUT2D eigenvalue weighted by molar-refractivity contribution is -0.121. The second-order valence-electron chi connectivity index (χ2n) is 6.87. The molecule has 0 aliphatic rings. The van der Waals surface area contributed by atoms with Gasteiger partial charge >= 0.3 is 0 Å². The maximum absolute atomic E-state index is 13.0. The van der Waals surface area contributed by atoms with Crippen LogP contribution in [0.15, 0.2) is 29.1 Å². The maximum Gasteiger partial charge on any atom is 0.275 e. The van der Waals surface area contributed by atoms with Crippen molar-refractivity contribution in [2.24, 2.45) is 0 Å². The number of aromatic amines is 1. The van der Waals surface area contributed by atoms with Gasteiger partial charge in [-0.1, -0.05) is 0 Å². The van der Waals surface area contributed by atoms with Gasteiger partial charge in [0.1, 0.15) is 6.61 Å². The zero-order valence-corrected chi connectivity index (χ0v) is 16.6. The number of aromatic nitrogens is 4. The van der Waals surface area contributed by atoms with Gasteiger partial charge in [-0.05, 0) is 39.0 Å². The van der Waals surface area contributed by atoms with Crippen molar-refractivity contribution in [1.82, 2.24) is 20.0 Å². The molecule has 1 aromatic carbocycles. The minimum atomic E-state index is -0.219. The van der Waals surface area contributed by atoms with Crippen LogP contribution >= 0.6 is 0 Å². The summed E-state index contributed by atoms with van der Waals surface area (Å²) in [7, 11) is 3.12. The van der Waals surface area contributed by atoms with E-state index >= 15 is 0 Å². The van der Waals surface area contributed by atoms with Crippen molar-refractivity contribution in [3.8, 4) is 0 Å². The van der Waals surface area contributed by atoms with E-state index in [-0.39, 0.29) is 24.1 Å². The van der Waals surface area contributed by atoms with Gasteiger partial charge in [-0.3, -0.25) is 14.7 Å². The molecule has 3 aromatic rings. The molecule has 28 heavy (non-hydrogen) atoms. The average molecular weight is 384 g/mol. The molecule has 0 radical (unpaired) electrons. The first-order chi connectivity index (χ1) is 13.3. The van der Waals surface area contributed by atoms with Gasteiger partial charge in [0, 0.05) is 37.0 Å². The Morgan fingerprint density at radius 2 is 2.07 bits per heavy atom. The number of benzene rings is 1. The molecule has 0 saturated carbocycles. The summed E-state index contributed by atoms with van der Waals surface area (Å²) in [6.07, 6.45) is 0. The Bertz CT molecular complexity index is 1070. The molecule has 9 heteroatoms. The van der Waals surface area contributed by atoms with Gasteiger partial charge in [0.25, 0.3) is 11.5 Å². The Hall–Kier alpha value is -3.20. The Morgan fingerprint density at radius 3 is 2.68 bits per heavy atom. The predicted octanol–water partition coefficient (Wildman–Crippen LogP) is 2.36. The number of aryl methyl sites for hydroxylation is 1. The Morgan fingerprint density at radius 1 is 1.32 bits per heavy atom. The first-order valence-electron chi connectivity index (χ1n) is 8.93. The molecule has 0 saturated heterocycles. The standard InChI is InChI=1S/C19H24N6O3/c1-11(2)25-19(27)15-9-13(24(4)17(26)10-28-5)6-7-14(15)18(23-25)20-16-8-12(3)21-22-16/h6-9,11H,10H2,1-5H3,(H2,20,21,22,23). The number of carbonyl (C=O) groups is 1. The molecule has 0 atom stereocenters. The second-order valence-corrected chi connectivity index (χ2v) is 6.87. The van der Waals surface area contributed by atoms with Gasteiger partial charge in [-0.2, -0.15) is 10.2 Å². The van der Waals surface area contributed by atoms with Crippen LogP contribution in [-0.2, 0) is 9.53 Å². The Balaban J connectivity index is 2.14. The zero-order valence-electron chi connectivity index (χ0n) is 16.6. The van der Waals surface area contributed by atoms with E-state index in [2.05, 4.69) is 20.6 Å². The van der Waals surface area contributed by atoms with Crippen molar-refractivity contribution >= 4 is 34.0 Å². The Kier molecular flexibility index (Phi) is 5.46. The third-order valence-electron chi connectivity index (χ3n) is 4.38. The number of carbonyl (C=O) groups excluding carboxylic acids is 1. The second kappa shape index (κ2) is 7.81. The van der Waals surface area contributed by atoms with E-state index in [0.29, 0.717) is 28.1 Å². The summed E-state index contributed by atoms with van der Waals surface area (Å²) < 4.78 is 6.33. The van der Waals surface area contributed by atoms with E-state index in [0.717, 1.165) is 5.69 Å². The number of likely N-dealkylation sites (N-methyl/N-ethyl adjacent to an activating group) is 1. The molecule has 3 rings (SSSR count). The van der Waals surface area contributed by atoms with Crippen molar-refractivity contribution < 1.29 is 9.53 Å². The molecular formula is C19H24N6O3. The van der Waals surface area contributed by atoms with Gasteiger partial charge in [-0.15, -0.1) is 0 Å². The molecule has 0 fully saturated rings. The minimum Gasteiger partial charge on any atom is -0.375 e. The number of nitrogens with one attached hydrogen (secondary N) is 2. The van der Waals surface area contributed by atoms with Crippen LogP contribution in [0.2, 0.25) is 0 Å². The van der Waals surface area contributed by atoms with Gasteiger partial charge in [-0.25, -0.2) is 4.68 Å².